The van der Waals surface area contributed by atoms with Crippen LogP contribution in [0.2, 0.25) is 0 Å². The molecule has 0 radical (unpaired) electrons. The number of ketones is 1. The lowest BCUT2D eigenvalue weighted by Crippen LogP contribution is -2.13. The first-order valence-electron chi connectivity index (χ1n) is 3.78. The summed E-state index contributed by atoms with van der Waals surface area (Å²) >= 11 is 4.15. The standard InChI is InChI=1S/C8H16OS/c1-4-6(2)8(9)5-7(3)10/h6-7,10H,4-5H2,1-3H3. The Morgan fingerprint density at radius 1 is 1.50 bits per heavy atom. The summed E-state index contributed by atoms with van der Waals surface area (Å²) in [6.45, 7) is 5.95. The zero-order chi connectivity index (χ0) is 8.15. The lowest BCUT2D eigenvalue weighted by molar-refractivity contribution is -0.122. The molecule has 10 heavy (non-hydrogen) atoms. The Kier molecular flexibility index (Phi) is 4.79. The van der Waals surface area contributed by atoms with E-state index < -0.39 is 0 Å². The fraction of sp³-hybridized carbons (Fsp3) is 0.875. The van der Waals surface area contributed by atoms with Gasteiger partial charge in [0.05, 0.1) is 0 Å². The third-order valence-electron chi connectivity index (χ3n) is 1.66. The summed E-state index contributed by atoms with van der Waals surface area (Å²) in [6, 6.07) is 0. The fourth-order valence-corrected chi connectivity index (χ4v) is 0.900. The molecule has 0 aromatic rings. The number of hydrogen-bond acceptors (Lipinski definition) is 2. The molecule has 0 aromatic heterocycles. The topological polar surface area (TPSA) is 17.1 Å². The maximum atomic E-state index is 11.1. The molecule has 2 heteroatoms. The summed E-state index contributed by atoms with van der Waals surface area (Å²) in [7, 11) is 0. The van der Waals surface area contributed by atoms with E-state index >= 15 is 0 Å². The summed E-state index contributed by atoms with van der Waals surface area (Å²) in [5.41, 5.74) is 0. The minimum Gasteiger partial charge on any atom is -0.299 e. The average molecular weight is 160 g/mol. The van der Waals surface area contributed by atoms with E-state index in [9.17, 15) is 4.79 Å². The molecule has 0 bridgehead atoms. The second-order valence-corrected chi connectivity index (χ2v) is 3.71. The Hall–Kier alpha value is 0.0200. The highest BCUT2D eigenvalue weighted by Gasteiger charge is 2.11. The zero-order valence-corrected chi connectivity index (χ0v) is 7.82. The molecule has 0 amide bonds. The van der Waals surface area contributed by atoms with E-state index in [1.54, 1.807) is 0 Å². The summed E-state index contributed by atoms with van der Waals surface area (Å²) in [6.07, 6.45) is 1.55. The monoisotopic (exact) mass is 160 g/mol. The van der Waals surface area contributed by atoms with Crippen molar-refractivity contribution in [3.8, 4) is 0 Å². The molecule has 0 N–H and O–H groups in total. The van der Waals surface area contributed by atoms with E-state index in [4.69, 9.17) is 0 Å². The van der Waals surface area contributed by atoms with Crippen molar-refractivity contribution in [3.05, 3.63) is 0 Å². The van der Waals surface area contributed by atoms with Gasteiger partial charge in [0.15, 0.2) is 0 Å². The molecular formula is C8H16OS. The molecule has 0 heterocycles. The normalized spacial score (nSPS) is 16.4. The van der Waals surface area contributed by atoms with Gasteiger partial charge in [-0.25, -0.2) is 0 Å². The van der Waals surface area contributed by atoms with Gasteiger partial charge in [-0.3, -0.25) is 4.79 Å². The Morgan fingerprint density at radius 3 is 2.30 bits per heavy atom. The zero-order valence-electron chi connectivity index (χ0n) is 6.92. The van der Waals surface area contributed by atoms with Gasteiger partial charge < -0.3 is 0 Å². The van der Waals surface area contributed by atoms with Crippen molar-refractivity contribution in [2.45, 2.75) is 38.9 Å². The molecule has 2 atom stereocenters. The molecule has 0 aliphatic rings. The van der Waals surface area contributed by atoms with Crippen molar-refractivity contribution in [3.63, 3.8) is 0 Å². The van der Waals surface area contributed by atoms with Crippen LogP contribution in [0.3, 0.4) is 0 Å². The van der Waals surface area contributed by atoms with Crippen molar-refractivity contribution in [2.24, 2.45) is 5.92 Å². The Balaban J connectivity index is 3.62. The first-order chi connectivity index (χ1) is 4.57. The number of carbonyl (C=O) groups is 1. The molecular weight excluding hydrogens is 144 g/mol. The van der Waals surface area contributed by atoms with Crippen LogP contribution in [0.25, 0.3) is 0 Å². The first kappa shape index (κ1) is 10.0. The maximum absolute atomic E-state index is 11.1. The largest absolute Gasteiger partial charge is 0.299 e. The van der Waals surface area contributed by atoms with Crippen LogP contribution >= 0.6 is 12.6 Å². The van der Waals surface area contributed by atoms with Crippen molar-refractivity contribution < 1.29 is 4.79 Å². The number of thiol groups is 1. The van der Waals surface area contributed by atoms with Gasteiger partial charge in [-0.05, 0) is 6.42 Å². The van der Waals surface area contributed by atoms with Crippen LogP contribution in [-0.4, -0.2) is 11.0 Å². The van der Waals surface area contributed by atoms with Gasteiger partial charge in [-0.2, -0.15) is 12.6 Å². The number of hydrogen-bond donors (Lipinski definition) is 1. The summed E-state index contributed by atoms with van der Waals surface area (Å²) in [4.78, 5) is 11.1. The van der Waals surface area contributed by atoms with Gasteiger partial charge in [0, 0.05) is 17.6 Å². The van der Waals surface area contributed by atoms with Crippen LogP contribution in [0.1, 0.15) is 33.6 Å². The Morgan fingerprint density at radius 2 is 2.00 bits per heavy atom. The molecule has 0 aliphatic carbocycles. The van der Waals surface area contributed by atoms with Crippen molar-refractivity contribution in [1.29, 1.82) is 0 Å². The van der Waals surface area contributed by atoms with Crippen LogP contribution in [-0.2, 0) is 4.79 Å². The molecule has 60 valence electrons. The predicted molar refractivity (Wildman–Crippen MR) is 47.5 cm³/mol. The minimum atomic E-state index is 0.210. The average Bonchev–Trinajstić information content (AvgIpc) is 1.85. The lowest BCUT2D eigenvalue weighted by Gasteiger charge is -2.07. The lowest BCUT2D eigenvalue weighted by atomic mass is 10.0. The molecule has 0 saturated heterocycles. The third-order valence-corrected chi connectivity index (χ3v) is 1.84. The highest BCUT2D eigenvalue weighted by atomic mass is 32.1. The van der Waals surface area contributed by atoms with E-state index in [0.29, 0.717) is 12.2 Å². The molecule has 0 aliphatic heterocycles. The van der Waals surface area contributed by atoms with E-state index in [1.807, 2.05) is 20.8 Å². The highest BCUT2D eigenvalue weighted by Crippen LogP contribution is 2.09. The van der Waals surface area contributed by atoms with Crippen LogP contribution in [0.5, 0.6) is 0 Å². The third kappa shape index (κ3) is 3.94. The van der Waals surface area contributed by atoms with Crippen molar-refractivity contribution in [1.82, 2.24) is 0 Å². The maximum Gasteiger partial charge on any atom is 0.136 e. The number of Topliss-reactive ketones (excluding diaryl/α,β-unsaturated/α-hetero) is 1. The van der Waals surface area contributed by atoms with E-state index in [1.165, 1.54) is 0 Å². The molecule has 0 aromatic carbocycles. The number of rotatable bonds is 4. The minimum absolute atomic E-state index is 0.210. The quantitative estimate of drug-likeness (QED) is 0.624. The van der Waals surface area contributed by atoms with Crippen LogP contribution in [0, 0.1) is 5.92 Å². The Bertz CT molecular complexity index is 110. The van der Waals surface area contributed by atoms with Gasteiger partial charge in [0.2, 0.25) is 0 Å². The molecule has 2 unspecified atom stereocenters. The van der Waals surface area contributed by atoms with Gasteiger partial charge in [0.25, 0.3) is 0 Å². The second kappa shape index (κ2) is 4.78. The van der Waals surface area contributed by atoms with Crippen molar-refractivity contribution in [2.75, 3.05) is 0 Å². The van der Waals surface area contributed by atoms with Crippen LogP contribution in [0.4, 0.5) is 0 Å². The first-order valence-corrected chi connectivity index (χ1v) is 4.30. The summed E-state index contributed by atoms with van der Waals surface area (Å²) in [5, 5.41) is 0.210. The van der Waals surface area contributed by atoms with E-state index in [0.717, 1.165) is 6.42 Å². The highest BCUT2D eigenvalue weighted by molar-refractivity contribution is 7.80. The summed E-state index contributed by atoms with van der Waals surface area (Å²) in [5.74, 6) is 0.555. The van der Waals surface area contributed by atoms with Crippen LogP contribution < -0.4 is 0 Å². The van der Waals surface area contributed by atoms with Crippen LogP contribution in [0.15, 0.2) is 0 Å². The van der Waals surface area contributed by atoms with Gasteiger partial charge in [0.1, 0.15) is 5.78 Å². The smallest absolute Gasteiger partial charge is 0.136 e. The molecule has 0 saturated carbocycles. The van der Waals surface area contributed by atoms with Gasteiger partial charge in [-0.1, -0.05) is 20.8 Å². The number of carbonyl (C=O) groups excluding carboxylic acids is 1. The summed E-state index contributed by atoms with van der Waals surface area (Å²) < 4.78 is 0. The van der Waals surface area contributed by atoms with Gasteiger partial charge in [-0.15, -0.1) is 0 Å². The fourth-order valence-electron chi connectivity index (χ4n) is 0.720. The second-order valence-electron chi connectivity index (χ2n) is 2.83. The Labute approximate surface area is 68.6 Å². The SMILES string of the molecule is CCC(C)C(=O)CC(C)S. The molecule has 0 fully saturated rings. The van der Waals surface area contributed by atoms with Gasteiger partial charge >= 0.3 is 0 Å². The van der Waals surface area contributed by atoms with E-state index in [-0.39, 0.29) is 11.2 Å². The molecule has 0 spiro atoms. The molecule has 0 rings (SSSR count). The van der Waals surface area contributed by atoms with E-state index in [2.05, 4.69) is 12.6 Å². The van der Waals surface area contributed by atoms with Crippen molar-refractivity contribution >= 4 is 18.4 Å². The predicted octanol–water partition coefficient (Wildman–Crippen LogP) is 2.31. The molecule has 1 nitrogen and oxygen atoms in total.